The van der Waals surface area contributed by atoms with Crippen LogP contribution in [0.2, 0.25) is 5.02 Å². The monoisotopic (exact) mass is 452 g/mol. The standard InChI is InChI=1S/C27H27ClF2N2/c1-4-19-5-7-20(8-6-19)26(13-14-27(3,29)30)32-17-22-16-21(9-12-25(22)31)24-11-10-23(28)15-18(24)2/h4-12,15-17,26,31-32H,1,13-14H2,2-3H3/b22-17-,31-25?. The normalized spacial score (nSPS) is 16.1. The van der Waals surface area contributed by atoms with Gasteiger partial charge in [-0.05, 0) is 72.4 Å². The van der Waals surface area contributed by atoms with Crippen LogP contribution in [0.5, 0.6) is 0 Å². The average molecular weight is 453 g/mol. The smallest absolute Gasteiger partial charge is 0.245 e. The van der Waals surface area contributed by atoms with E-state index in [0.717, 1.165) is 34.8 Å². The number of halogens is 3. The summed E-state index contributed by atoms with van der Waals surface area (Å²) in [6.45, 7) is 6.69. The van der Waals surface area contributed by atoms with Gasteiger partial charge in [-0.3, -0.25) is 0 Å². The van der Waals surface area contributed by atoms with Crippen LogP contribution in [0.15, 0.2) is 79.0 Å². The highest BCUT2D eigenvalue weighted by atomic mass is 35.5. The fourth-order valence-corrected chi connectivity index (χ4v) is 3.83. The third-order valence-corrected chi connectivity index (χ3v) is 5.67. The number of nitrogens with one attached hydrogen (secondary N) is 2. The van der Waals surface area contributed by atoms with Crippen molar-refractivity contribution >= 4 is 29.0 Å². The molecule has 0 bridgehead atoms. The third kappa shape index (κ3) is 6.27. The Morgan fingerprint density at radius 1 is 1.16 bits per heavy atom. The van der Waals surface area contributed by atoms with Gasteiger partial charge in [0.05, 0.1) is 11.8 Å². The highest BCUT2D eigenvalue weighted by molar-refractivity contribution is 6.30. The second kappa shape index (κ2) is 10.1. The molecular weight excluding hydrogens is 426 g/mol. The highest BCUT2D eigenvalue weighted by Crippen LogP contribution is 2.29. The van der Waals surface area contributed by atoms with Crippen LogP contribution in [0.1, 0.15) is 48.1 Å². The van der Waals surface area contributed by atoms with Gasteiger partial charge in [-0.2, -0.15) is 0 Å². The lowest BCUT2D eigenvalue weighted by Crippen LogP contribution is -2.21. The van der Waals surface area contributed by atoms with Crippen LogP contribution in [0.25, 0.3) is 11.6 Å². The van der Waals surface area contributed by atoms with Gasteiger partial charge in [0.2, 0.25) is 5.92 Å². The molecule has 3 rings (SSSR count). The largest absolute Gasteiger partial charge is 0.384 e. The lowest BCUT2D eigenvalue weighted by molar-refractivity contribution is 0.00858. The van der Waals surface area contributed by atoms with Crippen LogP contribution in [0.3, 0.4) is 0 Å². The molecular formula is C27H27ClF2N2. The van der Waals surface area contributed by atoms with E-state index in [1.807, 2.05) is 61.5 Å². The van der Waals surface area contributed by atoms with Crippen molar-refractivity contribution in [1.29, 1.82) is 5.41 Å². The predicted molar refractivity (Wildman–Crippen MR) is 131 cm³/mol. The quantitative estimate of drug-likeness (QED) is 0.419. The van der Waals surface area contributed by atoms with Crippen molar-refractivity contribution < 1.29 is 8.78 Å². The first kappa shape index (κ1) is 23.7. The lowest BCUT2D eigenvalue weighted by Gasteiger charge is -2.21. The molecule has 2 aromatic carbocycles. The number of allylic oxidation sites excluding steroid dienone is 5. The van der Waals surface area contributed by atoms with Crippen LogP contribution in [-0.4, -0.2) is 11.6 Å². The summed E-state index contributed by atoms with van der Waals surface area (Å²) in [5.41, 5.74) is 5.97. The summed E-state index contributed by atoms with van der Waals surface area (Å²) in [5.74, 6) is -2.74. The number of benzene rings is 2. The van der Waals surface area contributed by atoms with E-state index >= 15 is 0 Å². The van der Waals surface area contributed by atoms with Crippen molar-refractivity contribution in [3.05, 3.63) is 106 Å². The summed E-state index contributed by atoms with van der Waals surface area (Å²) in [6.07, 6.45) is 9.09. The Labute approximate surface area is 193 Å². The first-order chi connectivity index (χ1) is 15.2. The summed E-state index contributed by atoms with van der Waals surface area (Å²) in [4.78, 5) is 0. The Hall–Kier alpha value is -2.98. The Morgan fingerprint density at radius 2 is 1.88 bits per heavy atom. The van der Waals surface area contributed by atoms with E-state index in [9.17, 15) is 8.78 Å². The summed E-state index contributed by atoms with van der Waals surface area (Å²) in [6, 6.07) is 13.1. The van der Waals surface area contributed by atoms with E-state index in [2.05, 4.69) is 11.9 Å². The van der Waals surface area contributed by atoms with Crippen LogP contribution in [0.4, 0.5) is 8.78 Å². The van der Waals surface area contributed by atoms with Gasteiger partial charge >= 0.3 is 0 Å². The van der Waals surface area contributed by atoms with Crippen molar-refractivity contribution in [1.82, 2.24) is 5.32 Å². The van der Waals surface area contributed by atoms with Crippen molar-refractivity contribution in [2.45, 2.75) is 38.7 Å². The van der Waals surface area contributed by atoms with Crippen LogP contribution in [-0.2, 0) is 0 Å². The minimum atomic E-state index is -2.74. The summed E-state index contributed by atoms with van der Waals surface area (Å²) < 4.78 is 27.1. The zero-order valence-corrected chi connectivity index (χ0v) is 19.0. The van der Waals surface area contributed by atoms with Gasteiger partial charge in [0.15, 0.2) is 0 Å². The van der Waals surface area contributed by atoms with Crippen molar-refractivity contribution in [3.63, 3.8) is 0 Å². The molecule has 5 heteroatoms. The van der Waals surface area contributed by atoms with E-state index < -0.39 is 5.92 Å². The molecule has 1 aliphatic carbocycles. The molecule has 0 aromatic heterocycles. The van der Waals surface area contributed by atoms with E-state index in [0.29, 0.717) is 16.3 Å². The Morgan fingerprint density at radius 3 is 2.50 bits per heavy atom. The van der Waals surface area contributed by atoms with Crippen LogP contribution < -0.4 is 5.32 Å². The van der Waals surface area contributed by atoms with Crippen molar-refractivity contribution in [2.24, 2.45) is 0 Å². The second-order valence-corrected chi connectivity index (χ2v) is 8.54. The number of hydrogen-bond acceptors (Lipinski definition) is 2. The summed E-state index contributed by atoms with van der Waals surface area (Å²) in [5, 5.41) is 12.3. The molecule has 32 heavy (non-hydrogen) atoms. The zero-order chi connectivity index (χ0) is 23.3. The molecule has 0 spiro atoms. The molecule has 0 aliphatic heterocycles. The van der Waals surface area contributed by atoms with E-state index in [1.165, 1.54) is 0 Å². The number of alkyl halides is 2. The Bertz CT molecular complexity index is 1090. The van der Waals surface area contributed by atoms with Crippen molar-refractivity contribution in [2.75, 3.05) is 0 Å². The van der Waals surface area contributed by atoms with Crippen molar-refractivity contribution in [3.8, 4) is 0 Å². The fourth-order valence-electron chi connectivity index (χ4n) is 3.60. The molecule has 1 atom stereocenters. The van der Waals surface area contributed by atoms with Gasteiger partial charge in [0.25, 0.3) is 0 Å². The zero-order valence-electron chi connectivity index (χ0n) is 18.3. The van der Waals surface area contributed by atoms with Gasteiger partial charge in [0.1, 0.15) is 0 Å². The molecule has 0 saturated heterocycles. The van der Waals surface area contributed by atoms with Crippen LogP contribution >= 0.6 is 11.6 Å². The third-order valence-electron chi connectivity index (χ3n) is 5.44. The topological polar surface area (TPSA) is 35.9 Å². The predicted octanol–water partition coefficient (Wildman–Crippen LogP) is 7.91. The maximum atomic E-state index is 13.6. The van der Waals surface area contributed by atoms with E-state index in [1.54, 1.807) is 18.4 Å². The molecule has 1 aliphatic rings. The first-order valence-electron chi connectivity index (χ1n) is 10.5. The van der Waals surface area contributed by atoms with E-state index in [4.69, 9.17) is 17.0 Å². The maximum absolute atomic E-state index is 13.6. The van der Waals surface area contributed by atoms with Gasteiger partial charge in [0, 0.05) is 23.2 Å². The SMILES string of the molecule is C=Cc1ccc(C(CCC(C)(F)F)N/C=C2/C=C(c3ccc(Cl)cc3C)C=CC2=N)cc1. The maximum Gasteiger partial charge on any atom is 0.245 e. The number of rotatable bonds is 8. The second-order valence-electron chi connectivity index (χ2n) is 8.10. The molecule has 2 N–H and O–H groups in total. The van der Waals surface area contributed by atoms with Crippen LogP contribution in [0, 0.1) is 12.3 Å². The number of aryl methyl sites for hydroxylation is 1. The summed E-state index contributed by atoms with van der Waals surface area (Å²) >= 11 is 6.08. The minimum Gasteiger partial charge on any atom is -0.384 e. The molecule has 2 aromatic rings. The number of hydrogen-bond donors (Lipinski definition) is 2. The average Bonchev–Trinajstić information content (AvgIpc) is 2.74. The fraction of sp³-hybridized carbons (Fsp3) is 0.222. The molecule has 0 amide bonds. The minimum absolute atomic E-state index is 0.237. The summed E-state index contributed by atoms with van der Waals surface area (Å²) in [7, 11) is 0. The Balaban J connectivity index is 1.87. The molecule has 166 valence electrons. The molecule has 0 saturated carbocycles. The molecule has 0 heterocycles. The molecule has 0 fully saturated rings. The molecule has 0 radical (unpaired) electrons. The van der Waals surface area contributed by atoms with Gasteiger partial charge in [-0.25, -0.2) is 8.78 Å². The lowest BCUT2D eigenvalue weighted by atomic mass is 9.93. The molecule has 2 nitrogen and oxygen atoms in total. The van der Waals surface area contributed by atoms with Gasteiger partial charge in [-0.15, -0.1) is 0 Å². The van der Waals surface area contributed by atoms with E-state index in [-0.39, 0.29) is 18.9 Å². The highest BCUT2D eigenvalue weighted by Gasteiger charge is 2.23. The van der Waals surface area contributed by atoms with Gasteiger partial charge < -0.3 is 10.7 Å². The van der Waals surface area contributed by atoms with Gasteiger partial charge in [-0.1, -0.05) is 60.7 Å². The Kier molecular flexibility index (Phi) is 7.47. The molecule has 1 unspecified atom stereocenters. The first-order valence-corrected chi connectivity index (χ1v) is 10.9.